The molecule has 8 nitrogen and oxygen atoms in total. The summed E-state index contributed by atoms with van der Waals surface area (Å²) in [4.78, 5) is 16.4. The Kier molecular flexibility index (Phi) is 8.37. The molecule has 1 N–H and O–H groups in total. The SMILES string of the molecule is O=C(CCNS(=O)(=O)c1ccc(OC(F)(F)F)cc1)N1CCC(CN2CCOCC2)CC1. The van der Waals surface area contributed by atoms with E-state index in [0.29, 0.717) is 19.0 Å². The first-order valence-electron chi connectivity index (χ1n) is 10.6. The number of carbonyl (C=O) groups excluding carboxylic acids is 1. The lowest BCUT2D eigenvalue weighted by Crippen LogP contribution is -2.44. The highest BCUT2D eigenvalue weighted by Gasteiger charge is 2.31. The van der Waals surface area contributed by atoms with Gasteiger partial charge in [-0.3, -0.25) is 9.69 Å². The standard InChI is InChI=1S/C20H28F3N3O5S/c21-20(22,23)31-17-1-3-18(4-2-17)32(28,29)24-8-5-19(27)26-9-6-16(7-10-26)15-25-11-13-30-14-12-25/h1-4,16,24H,5-15H2. The number of piperidine rings is 1. The monoisotopic (exact) mass is 479 g/mol. The molecule has 0 bridgehead atoms. The van der Waals surface area contributed by atoms with Gasteiger partial charge in [0.1, 0.15) is 5.75 Å². The molecule has 2 heterocycles. The van der Waals surface area contributed by atoms with Gasteiger partial charge < -0.3 is 14.4 Å². The van der Waals surface area contributed by atoms with E-state index in [-0.39, 0.29) is 23.8 Å². The van der Waals surface area contributed by atoms with E-state index >= 15 is 0 Å². The minimum Gasteiger partial charge on any atom is -0.406 e. The molecule has 1 amide bonds. The third-order valence-corrected chi connectivity index (χ3v) is 7.06. The van der Waals surface area contributed by atoms with Gasteiger partial charge in [0.2, 0.25) is 15.9 Å². The van der Waals surface area contributed by atoms with Gasteiger partial charge >= 0.3 is 6.36 Å². The van der Waals surface area contributed by atoms with Crippen LogP contribution in [0.25, 0.3) is 0 Å². The summed E-state index contributed by atoms with van der Waals surface area (Å²) in [6, 6.07) is 3.89. The molecule has 0 aromatic heterocycles. The molecule has 1 aromatic carbocycles. The Bertz CT molecular complexity index is 850. The zero-order chi connectivity index (χ0) is 23.2. The third-order valence-electron chi connectivity index (χ3n) is 5.59. The average Bonchev–Trinajstić information content (AvgIpc) is 2.74. The summed E-state index contributed by atoms with van der Waals surface area (Å²) in [6.45, 7) is 5.64. The first kappa shape index (κ1) is 24.7. The van der Waals surface area contributed by atoms with Gasteiger partial charge in [-0.1, -0.05) is 0 Å². The molecule has 0 radical (unpaired) electrons. The van der Waals surface area contributed by atoms with Crippen LogP contribution in [0.2, 0.25) is 0 Å². The largest absolute Gasteiger partial charge is 0.573 e. The van der Waals surface area contributed by atoms with Crippen molar-refractivity contribution in [3.8, 4) is 5.75 Å². The summed E-state index contributed by atoms with van der Waals surface area (Å²) < 4.78 is 72.6. The topological polar surface area (TPSA) is 88.2 Å². The first-order chi connectivity index (χ1) is 15.1. The molecular formula is C20H28F3N3O5S. The van der Waals surface area contributed by atoms with Crippen LogP contribution in [0, 0.1) is 5.92 Å². The number of rotatable bonds is 8. The molecule has 2 aliphatic rings. The second-order valence-corrected chi connectivity index (χ2v) is 9.67. The fourth-order valence-corrected chi connectivity index (χ4v) is 4.90. The predicted molar refractivity (Wildman–Crippen MR) is 109 cm³/mol. The molecule has 3 rings (SSSR count). The Morgan fingerprint density at radius 2 is 1.72 bits per heavy atom. The number of nitrogens with zero attached hydrogens (tertiary/aromatic N) is 2. The Labute approximate surface area is 185 Å². The number of alkyl halides is 3. The van der Waals surface area contributed by atoms with Gasteiger partial charge in [-0.05, 0) is 43.0 Å². The molecule has 0 unspecified atom stereocenters. The van der Waals surface area contributed by atoms with Gasteiger partial charge in [-0.2, -0.15) is 0 Å². The fraction of sp³-hybridized carbons (Fsp3) is 0.650. The summed E-state index contributed by atoms with van der Waals surface area (Å²) in [5.74, 6) is -0.0879. The van der Waals surface area contributed by atoms with E-state index in [2.05, 4.69) is 14.4 Å². The number of halogens is 3. The molecule has 0 spiro atoms. The summed E-state index contributed by atoms with van der Waals surface area (Å²) in [5, 5.41) is 0. The van der Waals surface area contributed by atoms with Crippen molar-refractivity contribution < 1.29 is 35.9 Å². The van der Waals surface area contributed by atoms with Crippen LogP contribution in [0.4, 0.5) is 13.2 Å². The van der Waals surface area contributed by atoms with Gasteiger partial charge in [0.15, 0.2) is 0 Å². The van der Waals surface area contributed by atoms with E-state index < -0.39 is 22.1 Å². The number of carbonyl (C=O) groups is 1. The maximum absolute atomic E-state index is 12.4. The average molecular weight is 480 g/mol. The zero-order valence-corrected chi connectivity index (χ0v) is 18.5. The summed E-state index contributed by atoms with van der Waals surface area (Å²) in [5.41, 5.74) is 0. The number of sulfonamides is 1. The molecule has 0 atom stereocenters. The van der Waals surface area contributed by atoms with Crippen LogP contribution in [0.15, 0.2) is 29.2 Å². The minimum atomic E-state index is -4.85. The normalized spacial score (nSPS) is 19.2. The van der Waals surface area contributed by atoms with Crippen molar-refractivity contribution in [1.29, 1.82) is 0 Å². The summed E-state index contributed by atoms with van der Waals surface area (Å²) >= 11 is 0. The van der Waals surface area contributed by atoms with Gasteiger partial charge in [0, 0.05) is 45.7 Å². The number of nitrogens with one attached hydrogen (secondary N) is 1. The van der Waals surface area contributed by atoms with Crippen molar-refractivity contribution in [2.45, 2.75) is 30.5 Å². The van der Waals surface area contributed by atoms with E-state index in [9.17, 15) is 26.4 Å². The Balaban J connectivity index is 1.39. The number of hydrogen-bond donors (Lipinski definition) is 1. The highest BCUT2D eigenvalue weighted by Crippen LogP contribution is 2.24. The van der Waals surface area contributed by atoms with Crippen LogP contribution in [-0.2, 0) is 19.6 Å². The Morgan fingerprint density at radius 3 is 2.31 bits per heavy atom. The van der Waals surface area contributed by atoms with Gasteiger partial charge in [-0.25, -0.2) is 13.1 Å². The number of benzene rings is 1. The molecule has 180 valence electrons. The molecule has 1 aromatic rings. The van der Waals surface area contributed by atoms with Gasteiger partial charge in [-0.15, -0.1) is 13.2 Å². The second kappa shape index (κ2) is 10.8. The molecular weight excluding hydrogens is 451 g/mol. The smallest absolute Gasteiger partial charge is 0.406 e. The highest BCUT2D eigenvalue weighted by atomic mass is 32.2. The van der Waals surface area contributed by atoms with Gasteiger partial charge in [0.05, 0.1) is 18.1 Å². The minimum absolute atomic E-state index is 0.0165. The van der Waals surface area contributed by atoms with Crippen LogP contribution in [0.1, 0.15) is 19.3 Å². The molecule has 2 fully saturated rings. The number of likely N-dealkylation sites (tertiary alicyclic amines) is 1. The third kappa shape index (κ3) is 7.61. The lowest BCUT2D eigenvalue weighted by Gasteiger charge is -2.36. The fourth-order valence-electron chi connectivity index (χ4n) is 3.87. The van der Waals surface area contributed by atoms with Crippen molar-refractivity contribution in [3.05, 3.63) is 24.3 Å². The van der Waals surface area contributed by atoms with Crippen LogP contribution >= 0.6 is 0 Å². The molecule has 2 saturated heterocycles. The maximum Gasteiger partial charge on any atom is 0.573 e. The van der Waals surface area contributed by atoms with Crippen LogP contribution in [0.5, 0.6) is 5.75 Å². The molecule has 0 aliphatic carbocycles. The summed E-state index contributed by atoms with van der Waals surface area (Å²) in [7, 11) is -3.95. The van der Waals surface area contributed by atoms with E-state index in [0.717, 1.165) is 70.0 Å². The molecule has 32 heavy (non-hydrogen) atoms. The molecule has 12 heteroatoms. The number of ether oxygens (including phenoxy) is 2. The first-order valence-corrected chi connectivity index (χ1v) is 12.0. The van der Waals surface area contributed by atoms with E-state index in [1.165, 1.54) is 0 Å². The van der Waals surface area contributed by atoms with Crippen LogP contribution in [0.3, 0.4) is 0 Å². The van der Waals surface area contributed by atoms with Crippen molar-refractivity contribution in [2.75, 3.05) is 52.5 Å². The van der Waals surface area contributed by atoms with E-state index in [1.54, 1.807) is 4.90 Å². The Morgan fingerprint density at radius 1 is 1.09 bits per heavy atom. The van der Waals surface area contributed by atoms with Crippen LogP contribution < -0.4 is 9.46 Å². The van der Waals surface area contributed by atoms with Crippen LogP contribution in [-0.4, -0.2) is 83.0 Å². The highest BCUT2D eigenvalue weighted by molar-refractivity contribution is 7.89. The lowest BCUT2D eigenvalue weighted by molar-refractivity contribution is -0.274. The number of hydrogen-bond acceptors (Lipinski definition) is 6. The van der Waals surface area contributed by atoms with E-state index in [1.807, 2.05) is 0 Å². The Hall–Kier alpha value is -1.89. The quantitative estimate of drug-likeness (QED) is 0.612. The lowest BCUT2D eigenvalue weighted by atomic mass is 9.96. The maximum atomic E-state index is 12.4. The van der Waals surface area contributed by atoms with Gasteiger partial charge in [0.25, 0.3) is 0 Å². The zero-order valence-electron chi connectivity index (χ0n) is 17.6. The number of morpholine rings is 1. The van der Waals surface area contributed by atoms with E-state index in [4.69, 9.17) is 4.74 Å². The predicted octanol–water partition coefficient (Wildman–Crippen LogP) is 1.82. The molecule has 2 aliphatic heterocycles. The second-order valence-electron chi connectivity index (χ2n) is 7.90. The van der Waals surface area contributed by atoms with Crippen molar-refractivity contribution in [1.82, 2.24) is 14.5 Å². The van der Waals surface area contributed by atoms with Crippen molar-refractivity contribution in [3.63, 3.8) is 0 Å². The molecule has 0 saturated carbocycles. The summed E-state index contributed by atoms with van der Waals surface area (Å²) in [6.07, 6.45) is -3.00. The van der Waals surface area contributed by atoms with Crippen molar-refractivity contribution in [2.24, 2.45) is 5.92 Å². The number of amides is 1. The van der Waals surface area contributed by atoms with Crippen molar-refractivity contribution >= 4 is 15.9 Å².